The molecule has 54 heavy (non-hydrogen) atoms. The molecule has 1 aliphatic carbocycles. The Morgan fingerprint density at radius 3 is 1.93 bits per heavy atom. The van der Waals surface area contributed by atoms with E-state index in [1.807, 2.05) is 44.2 Å². The summed E-state index contributed by atoms with van der Waals surface area (Å²) in [6.45, 7) is 12.6. The second-order valence-electron chi connectivity index (χ2n) is 15.4. The Morgan fingerprint density at radius 1 is 0.759 bits per heavy atom. The molecule has 1 aliphatic rings. The summed E-state index contributed by atoms with van der Waals surface area (Å²) in [6, 6.07) is 4.24. The van der Waals surface area contributed by atoms with Gasteiger partial charge in [0.25, 0.3) is 0 Å². The number of hydrogen-bond donors (Lipinski definition) is 7. The van der Waals surface area contributed by atoms with E-state index in [-0.39, 0.29) is 37.0 Å². The van der Waals surface area contributed by atoms with Gasteiger partial charge in [-0.3, -0.25) is 28.8 Å². The minimum absolute atomic E-state index is 0.0867. The first-order valence-corrected chi connectivity index (χ1v) is 19.8. The minimum Gasteiger partial charge on any atom is -0.394 e. The number of amides is 6. The second-order valence-corrected chi connectivity index (χ2v) is 15.4. The molecule has 8 N–H and O–H groups in total. The Bertz CT molecular complexity index is 1340. The molecule has 1 saturated carbocycles. The molecule has 1 fully saturated rings. The van der Waals surface area contributed by atoms with Crippen molar-refractivity contribution < 1.29 is 33.9 Å². The molecule has 0 aromatic heterocycles. The highest BCUT2D eigenvalue weighted by molar-refractivity contribution is 5.96. The van der Waals surface area contributed by atoms with Crippen LogP contribution < -0.4 is 32.3 Å². The average Bonchev–Trinajstić information content (AvgIpc) is 3.12. The molecular formula is C40H67N7O7. The van der Waals surface area contributed by atoms with Gasteiger partial charge < -0.3 is 42.3 Å². The SMILES string of the molecule is CCN(CCCC[C@H](NC(=O)C(CC1CCCCC1)NC(=O)[C@H](C)NC(=O)C(Cc1ccccc1)NC(=O)CC(C)C)C(=O)N[C@@H](CO)C(N)=O)C(C)C. The quantitative estimate of drug-likeness (QED) is 0.0775. The molecular weight excluding hydrogens is 690 g/mol. The zero-order valence-corrected chi connectivity index (χ0v) is 33.3. The maximum Gasteiger partial charge on any atom is 0.243 e. The summed E-state index contributed by atoms with van der Waals surface area (Å²) in [5.41, 5.74) is 6.20. The van der Waals surface area contributed by atoms with Crippen molar-refractivity contribution >= 4 is 35.4 Å². The first kappa shape index (κ1) is 46.1. The van der Waals surface area contributed by atoms with E-state index in [0.717, 1.165) is 57.2 Å². The van der Waals surface area contributed by atoms with Crippen molar-refractivity contribution in [1.29, 1.82) is 0 Å². The zero-order valence-electron chi connectivity index (χ0n) is 33.3. The van der Waals surface area contributed by atoms with Gasteiger partial charge in [-0.05, 0) is 76.9 Å². The van der Waals surface area contributed by atoms with Crippen LogP contribution in [0.4, 0.5) is 0 Å². The molecule has 304 valence electrons. The molecule has 0 bridgehead atoms. The van der Waals surface area contributed by atoms with Gasteiger partial charge in [-0.15, -0.1) is 0 Å². The van der Waals surface area contributed by atoms with E-state index >= 15 is 0 Å². The highest BCUT2D eigenvalue weighted by Crippen LogP contribution is 2.27. The van der Waals surface area contributed by atoms with Crippen LogP contribution in [-0.4, -0.2) is 101 Å². The van der Waals surface area contributed by atoms with Crippen molar-refractivity contribution in [1.82, 2.24) is 31.5 Å². The number of hydrogen-bond acceptors (Lipinski definition) is 8. The van der Waals surface area contributed by atoms with E-state index in [0.29, 0.717) is 18.9 Å². The van der Waals surface area contributed by atoms with Crippen molar-refractivity contribution in [3.63, 3.8) is 0 Å². The third kappa shape index (κ3) is 17.0. The smallest absolute Gasteiger partial charge is 0.243 e. The number of primary amides is 1. The average molecular weight is 758 g/mol. The number of carbonyl (C=O) groups excluding carboxylic acids is 6. The Balaban J connectivity index is 2.24. The summed E-state index contributed by atoms with van der Waals surface area (Å²) < 4.78 is 0. The van der Waals surface area contributed by atoms with E-state index in [4.69, 9.17) is 5.73 Å². The molecule has 0 radical (unpaired) electrons. The van der Waals surface area contributed by atoms with Crippen LogP contribution in [0.2, 0.25) is 0 Å². The van der Waals surface area contributed by atoms with Crippen molar-refractivity contribution in [3.05, 3.63) is 35.9 Å². The van der Waals surface area contributed by atoms with Gasteiger partial charge in [0.2, 0.25) is 35.4 Å². The third-order valence-corrected chi connectivity index (χ3v) is 10.0. The highest BCUT2D eigenvalue weighted by Gasteiger charge is 2.33. The summed E-state index contributed by atoms with van der Waals surface area (Å²) >= 11 is 0. The monoisotopic (exact) mass is 758 g/mol. The second kappa shape index (κ2) is 24.4. The number of rotatable bonds is 24. The number of carbonyl (C=O) groups is 6. The summed E-state index contributed by atoms with van der Waals surface area (Å²) in [5.74, 6) is -3.27. The number of nitrogens with zero attached hydrogens (tertiary/aromatic N) is 1. The van der Waals surface area contributed by atoms with Crippen LogP contribution in [0.1, 0.15) is 111 Å². The van der Waals surface area contributed by atoms with Gasteiger partial charge in [0.15, 0.2) is 0 Å². The van der Waals surface area contributed by atoms with E-state index in [1.54, 1.807) is 0 Å². The van der Waals surface area contributed by atoms with Gasteiger partial charge in [0, 0.05) is 18.9 Å². The van der Waals surface area contributed by atoms with Gasteiger partial charge in [-0.1, -0.05) is 83.2 Å². The standard InChI is InChI=1S/C40H67N7O7/c1-7-47(27(4)5)21-15-14-20-31(38(52)46-34(25-48)36(41)50)44-40(54)33(24-30-18-12-9-13-19-30)45-37(51)28(6)42-39(53)32(43-35(49)22-26(2)3)23-29-16-10-8-11-17-29/h8,10-11,16-17,26-28,30-34,48H,7,9,12-15,18-25H2,1-6H3,(H2,41,50)(H,42,53)(H,43,49)(H,44,54)(H,45,51)(H,46,52)/t28-,31-,32?,33?,34-/m0/s1. The third-order valence-electron chi connectivity index (χ3n) is 10.0. The Morgan fingerprint density at radius 2 is 1.35 bits per heavy atom. The van der Waals surface area contributed by atoms with Crippen molar-refractivity contribution in [2.45, 2.75) is 148 Å². The fourth-order valence-electron chi connectivity index (χ4n) is 6.81. The van der Waals surface area contributed by atoms with Crippen molar-refractivity contribution in [3.8, 4) is 0 Å². The molecule has 6 amide bonds. The van der Waals surface area contributed by atoms with Gasteiger partial charge in [-0.2, -0.15) is 0 Å². The van der Waals surface area contributed by atoms with Gasteiger partial charge in [0.05, 0.1) is 6.61 Å². The predicted octanol–water partition coefficient (Wildman–Crippen LogP) is 2.07. The maximum absolute atomic E-state index is 14.0. The number of nitrogens with two attached hydrogens (primary N) is 1. The van der Waals surface area contributed by atoms with E-state index in [1.165, 1.54) is 6.92 Å². The van der Waals surface area contributed by atoms with Gasteiger partial charge in [-0.25, -0.2) is 0 Å². The molecule has 1 aromatic rings. The van der Waals surface area contributed by atoms with Crippen LogP contribution in [-0.2, 0) is 35.2 Å². The molecule has 0 aliphatic heterocycles. The molecule has 5 atom stereocenters. The molecule has 2 rings (SSSR count). The lowest BCUT2D eigenvalue weighted by atomic mass is 9.84. The Kier molecular flexibility index (Phi) is 20.8. The lowest BCUT2D eigenvalue weighted by Gasteiger charge is -2.29. The van der Waals surface area contributed by atoms with Gasteiger partial charge >= 0.3 is 0 Å². The minimum atomic E-state index is -1.32. The summed E-state index contributed by atoms with van der Waals surface area (Å²) in [6.07, 6.45) is 7.32. The summed E-state index contributed by atoms with van der Waals surface area (Å²) in [4.78, 5) is 81.5. The summed E-state index contributed by atoms with van der Waals surface area (Å²) in [5, 5.41) is 23.3. The Hall–Kier alpha value is -4.04. The van der Waals surface area contributed by atoms with E-state index in [9.17, 15) is 33.9 Å². The summed E-state index contributed by atoms with van der Waals surface area (Å²) in [7, 11) is 0. The lowest BCUT2D eigenvalue weighted by molar-refractivity contribution is -0.135. The number of benzene rings is 1. The number of aliphatic hydroxyl groups excluding tert-OH is 1. The lowest BCUT2D eigenvalue weighted by Crippen LogP contribution is -2.59. The fourth-order valence-corrected chi connectivity index (χ4v) is 6.81. The zero-order chi connectivity index (χ0) is 40.2. The molecule has 1 aromatic carbocycles. The van der Waals surface area contributed by atoms with Crippen LogP contribution in [0, 0.1) is 11.8 Å². The molecule has 0 saturated heterocycles. The molecule has 0 spiro atoms. The number of aliphatic hydroxyl groups is 1. The van der Waals surface area contributed by atoms with Crippen LogP contribution >= 0.6 is 0 Å². The predicted molar refractivity (Wildman–Crippen MR) is 209 cm³/mol. The van der Waals surface area contributed by atoms with E-state index in [2.05, 4.69) is 52.3 Å². The molecule has 0 heterocycles. The van der Waals surface area contributed by atoms with Crippen LogP contribution in [0.15, 0.2) is 30.3 Å². The van der Waals surface area contributed by atoms with Crippen molar-refractivity contribution in [2.75, 3.05) is 19.7 Å². The topological polar surface area (TPSA) is 212 Å². The first-order chi connectivity index (χ1) is 25.6. The van der Waals surface area contributed by atoms with Crippen LogP contribution in [0.25, 0.3) is 0 Å². The fraction of sp³-hybridized carbons (Fsp3) is 0.700. The normalized spacial score (nSPS) is 16.2. The molecule has 2 unspecified atom stereocenters. The van der Waals surface area contributed by atoms with Crippen LogP contribution in [0.5, 0.6) is 0 Å². The number of nitrogens with one attached hydrogen (secondary N) is 5. The molecule has 14 heteroatoms. The van der Waals surface area contributed by atoms with Crippen LogP contribution in [0.3, 0.4) is 0 Å². The van der Waals surface area contributed by atoms with Crippen molar-refractivity contribution in [2.24, 2.45) is 17.6 Å². The maximum atomic E-state index is 14.0. The largest absolute Gasteiger partial charge is 0.394 e. The number of unbranched alkanes of at least 4 members (excludes halogenated alkanes) is 1. The van der Waals surface area contributed by atoms with Gasteiger partial charge in [0.1, 0.15) is 30.2 Å². The highest BCUT2D eigenvalue weighted by atomic mass is 16.3. The van der Waals surface area contributed by atoms with E-state index < -0.39 is 66.4 Å². The first-order valence-electron chi connectivity index (χ1n) is 19.8. The molecule has 14 nitrogen and oxygen atoms in total. The Labute approximate surface area is 321 Å².